The molecule has 0 aromatic heterocycles. The second-order valence-corrected chi connectivity index (χ2v) is 9.07. The molecule has 0 N–H and O–H groups in total. The lowest BCUT2D eigenvalue weighted by Gasteiger charge is -2.43. The number of likely N-dealkylation sites (tertiary alicyclic amines) is 3. The van der Waals surface area contributed by atoms with Crippen molar-refractivity contribution in [2.45, 2.75) is 45.6 Å². The molecule has 1 aromatic rings. The fourth-order valence-corrected chi connectivity index (χ4v) is 5.04. The van der Waals surface area contributed by atoms with Crippen molar-refractivity contribution >= 4 is 11.8 Å². The lowest BCUT2D eigenvalue weighted by molar-refractivity contribution is -0.152. The zero-order valence-electron chi connectivity index (χ0n) is 17.5. The van der Waals surface area contributed by atoms with Crippen LogP contribution >= 0.6 is 0 Å². The minimum atomic E-state index is -0.0130. The number of carbonyl (C=O) groups is 2. The van der Waals surface area contributed by atoms with Crippen molar-refractivity contribution in [3.63, 3.8) is 0 Å². The van der Waals surface area contributed by atoms with E-state index in [9.17, 15) is 9.59 Å². The maximum atomic E-state index is 13.2. The number of rotatable bonds is 3. The maximum absolute atomic E-state index is 13.2. The van der Waals surface area contributed by atoms with Crippen LogP contribution in [0.3, 0.4) is 0 Å². The van der Waals surface area contributed by atoms with Gasteiger partial charge in [0.05, 0.1) is 12.0 Å². The van der Waals surface area contributed by atoms with E-state index in [-0.39, 0.29) is 29.7 Å². The van der Waals surface area contributed by atoms with Crippen molar-refractivity contribution in [2.75, 3.05) is 39.8 Å². The van der Waals surface area contributed by atoms with Crippen LogP contribution in [-0.2, 0) is 9.59 Å². The molecule has 0 aliphatic carbocycles. The van der Waals surface area contributed by atoms with Gasteiger partial charge in [-0.15, -0.1) is 0 Å². The highest BCUT2D eigenvalue weighted by molar-refractivity contribution is 5.86. The molecule has 3 fully saturated rings. The van der Waals surface area contributed by atoms with Gasteiger partial charge in [0.15, 0.2) is 0 Å². The number of aryl methyl sites for hydroxylation is 2. The van der Waals surface area contributed by atoms with Crippen molar-refractivity contribution < 1.29 is 9.59 Å². The van der Waals surface area contributed by atoms with Crippen LogP contribution in [0, 0.1) is 25.7 Å². The summed E-state index contributed by atoms with van der Waals surface area (Å²) in [7, 11) is 2.11. The number of piperidine rings is 1. The Morgan fingerprint density at radius 3 is 2.36 bits per heavy atom. The number of hydrogen-bond donors (Lipinski definition) is 0. The summed E-state index contributed by atoms with van der Waals surface area (Å²) < 4.78 is 0. The first-order valence-corrected chi connectivity index (χ1v) is 10.8. The van der Waals surface area contributed by atoms with Crippen LogP contribution in [0.25, 0.3) is 0 Å². The van der Waals surface area contributed by atoms with Gasteiger partial charge in [0.2, 0.25) is 11.8 Å². The highest BCUT2D eigenvalue weighted by Gasteiger charge is 2.43. The molecule has 0 spiro atoms. The first-order chi connectivity index (χ1) is 13.4. The molecule has 5 heteroatoms. The van der Waals surface area contributed by atoms with Gasteiger partial charge in [0.1, 0.15) is 0 Å². The molecular weight excluding hydrogens is 350 g/mol. The van der Waals surface area contributed by atoms with Crippen LogP contribution in [0.2, 0.25) is 0 Å². The van der Waals surface area contributed by atoms with Gasteiger partial charge in [-0.2, -0.15) is 0 Å². The highest BCUT2D eigenvalue weighted by atomic mass is 16.2. The van der Waals surface area contributed by atoms with Crippen molar-refractivity contribution in [1.29, 1.82) is 0 Å². The van der Waals surface area contributed by atoms with Gasteiger partial charge < -0.3 is 14.7 Å². The summed E-state index contributed by atoms with van der Waals surface area (Å²) in [5.41, 5.74) is 3.81. The lowest BCUT2D eigenvalue weighted by Crippen LogP contribution is -2.58. The first kappa shape index (κ1) is 19.4. The van der Waals surface area contributed by atoms with E-state index in [2.05, 4.69) is 48.9 Å². The summed E-state index contributed by atoms with van der Waals surface area (Å²) in [6.45, 7) is 8.32. The molecule has 1 aromatic carbocycles. The maximum Gasteiger partial charge on any atom is 0.229 e. The molecule has 3 heterocycles. The van der Waals surface area contributed by atoms with Crippen molar-refractivity contribution in [3.05, 3.63) is 34.9 Å². The molecule has 0 bridgehead atoms. The molecule has 5 nitrogen and oxygen atoms in total. The molecular formula is C23H33N3O2. The van der Waals surface area contributed by atoms with Gasteiger partial charge in [-0.05, 0) is 70.8 Å². The summed E-state index contributed by atoms with van der Waals surface area (Å²) in [4.78, 5) is 32.2. The Labute approximate surface area is 168 Å². The standard InChI is InChI=1S/C23H33N3O2/c1-16-6-7-17(2)20(13-16)21-5-4-10-26(21)23(28)19-14-25(15-19)22(27)18-8-11-24(3)12-9-18/h6-7,13,18-19,21H,4-5,8-12,14-15H2,1-3H3/t21-/m1/s1. The van der Waals surface area contributed by atoms with Gasteiger partial charge in [-0.1, -0.05) is 23.8 Å². The van der Waals surface area contributed by atoms with E-state index >= 15 is 0 Å². The second-order valence-electron chi connectivity index (χ2n) is 9.07. The fraction of sp³-hybridized carbons (Fsp3) is 0.652. The predicted molar refractivity (Wildman–Crippen MR) is 110 cm³/mol. The topological polar surface area (TPSA) is 43.9 Å². The molecule has 1 atom stereocenters. The van der Waals surface area contributed by atoms with Gasteiger partial charge in [0, 0.05) is 25.6 Å². The summed E-state index contributed by atoms with van der Waals surface area (Å²) in [5.74, 6) is 0.656. The number of amides is 2. The van der Waals surface area contributed by atoms with Gasteiger partial charge in [-0.25, -0.2) is 0 Å². The number of carbonyl (C=O) groups excluding carboxylic acids is 2. The molecule has 3 saturated heterocycles. The van der Waals surface area contributed by atoms with Gasteiger partial charge >= 0.3 is 0 Å². The third-order valence-corrected chi connectivity index (χ3v) is 6.94. The third kappa shape index (κ3) is 3.69. The molecule has 2 amide bonds. The molecule has 0 unspecified atom stereocenters. The van der Waals surface area contributed by atoms with E-state index in [1.54, 1.807) is 0 Å². The zero-order chi connectivity index (χ0) is 19.8. The van der Waals surface area contributed by atoms with Crippen LogP contribution in [-0.4, -0.2) is 66.3 Å². The van der Waals surface area contributed by atoms with Gasteiger partial charge in [0.25, 0.3) is 0 Å². The molecule has 3 aliphatic rings. The quantitative estimate of drug-likeness (QED) is 0.806. The molecule has 28 heavy (non-hydrogen) atoms. The zero-order valence-corrected chi connectivity index (χ0v) is 17.5. The Balaban J connectivity index is 1.36. The lowest BCUT2D eigenvalue weighted by atomic mass is 9.90. The van der Waals surface area contributed by atoms with Crippen LogP contribution in [0.4, 0.5) is 0 Å². The Morgan fingerprint density at radius 2 is 1.64 bits per heavy atom. The Bertz CT molecular complexity index is 748. The average Bonchev–Trinajstić information content (AvgIpc) is 3.12. The summed E-state index contributed by atoms with van der Waals surface area (Å²) in [6, 6.07) is 6.74. The van der Waals surface area contributed by atoms with Crippen molar-refractivity contribution in [2.24, 2.45) is 11.8 Å². The Hall–Kier alpha value is -1.88. The molecule has 0 radical (unpaired) electrons. The van der Waals surface area contributed by atoms with E-state index in [0.29, 0.717) is 13.1 Å². The number of hydrogen-bond acceptors (Lipinski definition) is 3. The number of nitrogens with zero attached hydrogens (tertiary/aromatic N) is 3. The van der Waals surface area contributed by atoms with E-state index in [0.717, 1.165) is 45.3 Å². The second kappa shape index (κ2) is 7.86. The normalized spacial score (nSPS) is 24.5. The Kier molecular flexibility index (Phi) is 5.46. The summed E-state index contributed by atoms with van der Waals surface area (Å²) in [6.07, 6.45) is 4.01. The van der Waals surface area contributed by atoms with Crippen LogP contribution in [0.1, 0.15) is 48.4 Å². The summed E-state index contributed by atoms with van der Waals surface area (Å²) in [5, 5.41) is 0. The smallest absolute Gasteiger partial charge is 0.229 e. The molecule has 0 saturated carbocycles. The van der Waals surface area contributed by atoms with Crippen molar-refractivity contribution in [3.8, 4) is 0 Å². The van der Waals surface area contributed by atoms with E-state index < -0.39 is 0 Å². The van der Waals surface area contributed by atoms with E-state index in [1.165, 1.54) is 16.7 Å². The predicted octanol–water partition coefficient (Wildman–Crippen LogP) is 2.77. The fourth-order valence-electron chi connectivity index (χ4n) is 5.04. The minimum absolute atomic E-state index is 0.0130. The molecule has 152 valence electrons. The van der Waals surface area contributed by atoms with Crippen LogP contribution in [0.5, 0.6) is 0 Å². The molecule has 4 rings (SSSR count). The highest BCUT2D eigenvalue weighted by Crippen LogP contribution is 2.36. The van der Waals surface area contributed by atoms with Gasteiger partial charge in [-0.3, -0.25) is 9.59 Å². The third-order valence-electron chi connectivity index (χ3n) is 6.94. The van der Waals surface area contributed by atoms with Crippen LogP contribution in [0.15, 0.2) is 18.2 Å². The van der Waals surface area contributed by atoms with Crippen LogP contribution < -0.4 is 0 Å². The Morgan fingerprint density at radius 1 is 0.929 bits per heavy atom. The summed E-state index contributed by atoms with van der Waals surface area (Å²) >= 11 is 0. The number of benzene rings is 1. The first-order valence-electron chi connectivity index (χ1n) is 10.8. The van der Waals surface area contributed by atoms with E-state index in [4.69, 9.17) is 0 Å². The monoisotopic (exact) mass is 383 g/mol. The average molecular weight is 384 g/mol. The molecule has 3 aliphatic heterocycles. The van der Waals surface area contributed by atoms with Crippen molar-refractivity contribution in [1.82, 2.24) is 14.7 Å². The van der Waals surface area contributed by atoms with E-state index in [1.807, 2.05) is 4.90 Å². The largest absolute Gasteiger partial charge is 0.341 e. The minimum Gasteiger partial charge on any atom is -0.341 e. The SMILES string of the molecule is Cc1ccc(C)c([C@H]2CCCN2C(=O)C2CN(C(=O)C3CCN(C)CC3)C2)c1.